The zero-order valence-corrected chi connectivity index (χ0v) is 9.28. The van der Waals surface area contributed by atoms with E-state index in [0.717, 1.165) is 19.0 Å². The molecular weight excluding hydrogens is 180 g/mol. The molecule has 1 saturated carbocycles. The van der Waals surface area contributed by atoms with E-state index in [9.17, 15) is 0 Å². The summed E-state index contributed by atoms with van der Waals surface area (Å²) in [5.41, 5.74) is 5.49. The van der Waals surface area contributed by atoms with Crippen LogP contribution in [0, 0.1) is 5.92 Å². The van der Waals surface area contributed by atoms with Gasteiger partial charge in [0.2, 0.25) is 0 Å². The van der Waals surface area contributed by atoms with Crippen molar-refractivity contribution in [2.75, 3.05) is 20.1 Å². The minimum absolute atomic E-state index is 0.610. The van der Waals surface area contributed by atoms with Crippen molar-refractivity contribution < 1.29 is 0 Å². The van der Waals surface area contributed by atoms with E-state index in [1.54, 1.807) is 0 Å². The molecule has 76 valence electrons. The first-order valence-electron chi connectivity index (χ1n) is 5.15. The first-order chi connectivity index (χ1) is 6.18. The molecule has 0 aromatic rings. The van der Waals surface area contributed by atoms with Crippen LogP contribution in [-0.4, -0.2) is 30.0 Å². The molecule has 0 atom stereocenters. The summed E-state index contributed by atoms with van der Waals surface area (Å²) in [6.45, 7) is 1.93. The Balaban J connectivity index is 2.18. The Labute approximate surface area is 86.5 Å². The van der Waals surface area contributed by atoms with E-state index in [1.165, 1.54) is 32.1 Å². The summed E-state index contributed by atoms with van der Waals surface area (Å²) in [6.07, 6.45) is 7.02. The molecule has 1 fully saturated rings. The Morgan fingerprint density at radius 2 is 2.00 bits per heavy atom. The largest absolute Gasteiger partial charge is 0.392 e. The zero-order chi connectivity index (χ0) is 9.68. The number of thiocarbonyl (C=S) groups is 1. The fraction of sp³-hybridized carbons (Fsp3) is 0.900. The average Bonchev–Trinajstić information content (AvgIpc) is 2.04. The number of rotatable bonds is 4. The molecule has 0 aromatic heterocycles. The van der Waals surface area contributed by atoms with Crippen LogP contribution in [0.4, 0.5) is 0 Å². The van der Waals surface area contributed by atoms with Crippen molar-refractivity contribution in [1.29, 1.82) is 0 Å². The third kappa shape index (κ3) is 4.58. The molecule has 0 radical (unpaired) electrons. The Hall–Kier alpha value is -0.150. The van der Waals surface area contributed by atoms with Crippen LogP contribution in [0.15, 0.2) is 0 Å². The van der Waals surface area contributed by atoms with Gasteiger partial charge in [0.05, 0.1) is 4.99 Å². The molecule has 0 aliphatic heterocycles. The summed E-state index contributed by atoms with van der Waals surface area (Å²) in [5.74, 6) is 0.882. The van der Waals surface area contributed by atoms with Crippen LogP contribution >= 0.6 is 12.2 Å². The fourth-order valence-corrected chi connectivity index (χ4v) is 2.36. The van der Waals surface area contributed by atoms with Crippen LogP contribution in [0.3, 0.4) is 0 Å². The number of hydrogen-bond acceptors (Lipinski definition) is 2. The lowest BCUT2D eigenvalue weighted by atomic mass is 9.89. The molecule has 0 unspecified atom stereocenters. The predicted octanol–water partition coefficient (Wildman–Crippen LogP) is 1.78. The molecule has 0 saturated heterocycles. The van der Waals surface area contributed by atoms with Gasteiger partial charge in [-0.3, -0.25) is 4.90 Å². The van der Waals surface area contributed by atoms with E-state index in [0.29, 0.717) is 4.99 Å². The maximum Gasteiger partial charge on any atom is 0.0869 e. The second kappa shape index (κ2) is 5.55. The van der Waals surface area contributed by atoms with E-state index in [1.807, 2.05) is 0 Å². The second-order valence-electron chi connectivity index (χ2n) is 4.17. The standard InChI is InChI=1S/C10H20N2S/c1-12(8-10(11)13)7-9-5-3-2-4-6-9/h9H,2-8H2,1H3,(H2,11,13). The first kappa shape index (κ1) is 10.9. The van der Waals surface area contributed by atoms with E-state index < -0.39 is 0 Å². The summed E-state index contributed by atoms with van der Waals surface area (Å²) in [5, 5.41) is 0. The molecule has 0 amide bonds. The molecule has 1 aliphatic carbocycles. The highest BCUT2D eigenvalue weighted by atomic mass is 32.1. The topological polar surface area (TPSA) is 29.3 Å². The molecule has 0 bridgehead atoms. The van der Waals surface area contributed by atoms with Gasteiger partial charge in [-0.25, -0.2) is 0 Å². The molecular formula is C10H20N2S. The van der Waals surface area contributed by atoms with Crippen molar-refractivity contribution >= 4 is 17.2 Å². The molecule has 0 spiro atoms. The fourth-order valence-electron chi connectivity index (χ4n) is 2.14. The van der Waals surface area contributed by atoms with Gasteiger partial charge < -0.3 is 5.73 Å². The maximum atomic E-state index is 5.49. The molecule has 13 heavy (non-hydrogen) atoms. The lowest BCUT2D eigenvalue weighted by Crippen LogP contribution is -2.33. The number of hydrogen-bond donors (Lipinski definition) is 1. The average molecular weight is 200 g/mol. The third-order valence-corrected chi connectivity index (χ3v) is 2.85. The van der Waals surface area contributed by atoms with Crippen molar-refractivity contribution in [2.45, 2.75) is 32.1 Å². The van der Waals surface area contributed by atoms with Gasteiger partial charge in [-0.1, -0.05) is 31.5 Å². The molecule has 0 aromatic carbocycles. The lowest BCUT2D eigenvalue weighted by molar-refractivity contribution is 0.253. The Kier molecular flexibility index (Phi) is 4.67. The van der Waals surface area contributed by atoms with Crippen LogP contribution in [0.5, 0.6) is 0 Å². The summed E-state index contributed by atoms with van der Waals surface area (Å²) >= 11 is 4.88. The summed E-state index contributed by atoms with van der Waals surface area (Å²) in [7, 11) is 2.10. The minimum Gasteiger partial charge on any atom is -0.392 e. The highest BCUT2D eigenvalue weighted by Gasteiger charge is 2.15. The normalized spacial score (nSPS) is 19.2. The van der Waals surface area contributed by atoms with Gasteiger partial charge in [-0.2, -0.15) is 0 Å². The minimum atomic E-state index is 0.610. The second-order valence-corrected chi connectivity index (χ2v) is 4.69. The maximum absolute atomic E-state index is 5.49. The summed E-state index contributed by atoms with van der Waals surface area (Å²) in [6, 6.07) is 0. The van der Waals surface area contributed by atoms with E-state index in [-0.39, 0.29) is 0 Å². The van der Waals surface area contributed by atoms with E-state index >= 15 is 0 Å². The first-order valence-corrected chi connectivity index (χ1v) is 5.56. The predicted molar refractivity (Wildman–Crippen MR) is 60.9 cm³/mol. The van der Waals surface area contributed by atoms with Gasteiger partial charge in [0.15, 0.2) is 0 Å². The highest BCUT2D eigenvalue weighted by Crippen LogP contribution is 2.23. The Morgan fingerprint density at radius 1 is 1.38 bits per heavy atom. The molecule has 2 nitrogen and oxygen atoms in total. The smallest absolute Gasteiger partial charge is 0.0869 e. The van der Waals surface area contributed by atoms with Crippen molar-refractivity contribution in [3.8, 4) is 0 Å². The van der Waals surface area contributed by atoms with E-state index in [4.69, 9.17) is 18.0 Å². The van der Waals surface area contributed by atoms with Crippen molar-refractivity contribution in [1.82, 2.24) is 4.90 Å². The monoisotopic (exact) mass is 200 g/mol. The third-order valence-electron chi connectivity index (χ3n) is 2.72. The van der Waals surface area contributed by atoms with Crippen LogP contribution in [-0.2, 0) is 0 Å². The van der Waals surface area contributed by atoms with Crippen LogP contribution < -0.4 is 5.73 Å². The van der Waals surface area contributed by atoms with Crippen LogP contribution in [0.1, 0.15) is 32.1 Å². The number of likely N-dealkylation sites (N-methyl/N-ethyl adjacent to an activating group) is 1. The van der Waals surface area contributed by atoms with Crippen molar-refractivity contribution in [3.05, 3.63) is 0 Å². The Bertz CT molecular complexity index is 164. The van der Waals surface area contributed by atoms with Gasteiger partial charge in [0.25, 0.3) is 0 Å². The SMILES string of the molecule is CN(CC(N)=S)CC1CCCCC1. The van der Waals surface area contributed by atoms with Gasteiger partial charge in [0.1, 0.15) is 0 Å². The van der Waals surface area contributed by atoms with Crippen molar-refractivity contribution in [2.24, 2.45) is 11.7 Å². The Morgan fingerprint density at radius 3 is 2.54 bits per heavy atom. The van der Waals surface area contributed by atoms with Crippen LogP contribution in [0.2, 0.25) is 0 Å². The number of nitrogens with zero attached hydrogens (tertiary/aromatic N) is 1. The molecule has 2 N–H and O–H groups in total. The van der Waals surface area contributed by atoms with Gasteiger partial charge in [-0.15, -0.1) is 0 Å². The van der Waals surface area contributed by atoms with Crippen molar-refractivity contribution in [3.63, 3.8) is 0 Å². The summed E-state index contributed by atoms with van der Waals surface area (Å²) in [4.78, 5) is 2.86. The molecule has 1 aliphatic rings. The van der Waals surface area contributed by atoms with Crippen LogP contribution in [0.25, 0.3) is 0 Å². The molecule has 0 heterocycles. The van der Waals surface area contributed by atoms with E-state index in [2.05, 4.69) is 11.9 Å². The molecule has 1 rings (SSSR count). The van der Waals surface area contributed by atoms with Gasteiger partial charge >= 0.3 is 0 Å². The highest BCUT2D eigenvalue weighted by molar-refractivity contribution is 7.80. The molecule has 3 heteroatoms. The van der Waals surface area contributed by atoms with Gasteiger partial charge in [0, 0.05) is 13.1 Å². The summed E-state index contributed by atoms with van der Waals surface area (Å²) < 4.78 is 0. The quantitative estimate of drug-likeness (QED) is 0.702. The van der Waals surface area contributed by atoms with Gasteiger partial charge in [-0.05, 0) is 25.8 Å². The number of nitrogens with two attached hydrogens (primary N) is 1. The zero-order valence-electron chi connectivity index (χ0n) is 8.46. The lowest BCUT2D eigenvalue weighted by Gasteiger charge is -2.26.